The monoisotopic (exact) mass is 426 g/mol. The van der Waals surface area contributed by atoms with Gasteiger partial charge in [0.25, 0.3) is 5.91 Å². The number of likely N-dealkylation sites (N-methyl/N-ethyl adjacent to an activating group) is 1. The molecule has 0 radical (unpaired) electrons. The summed E-state index contributed by atoms with van der Waals surface area (Å²) in [6.45, 7) is 4.02. The molecule has 0 aromatic rings. The van der Waals surface area contributed by atoms with Crippen molar-refractivity contribution in [1.82, 2.24) is 4.90 Å². The number of amides is 1. The summed E-state index contributed by atoms with van der Waals surface area (Å²) in [5, 5.41) is 10.2. The second-order valence-electron chi connectivity index (χ2n) is 9.24. The number of aliphatic hydroxyl groups is 1. The Hall–Kier alpha value is -2.54. The average Bonchev–Trinajstić information content (AvgIpc) is 3.35. The van der Waals surface area contributed by atoms with E-state index in [-0.39, 0.29) is 35.6 Å². The van der Waals surface area contributed by atoms with Gasteiger partial charge in [-0.2, -0.15) is 0 Å². The molecule has 5 atom stereocenters. The van der Waals surface area contributed by atoms with Crippen LogP contribution in [0.25, 0.3) is 0 Å². The summed E-state index contributed by atoms with van der Waals surface area (Å²) in [4.78, 5) is 30.8. The van der Waals surface area contributed by atoms with Crippen LogP contribution in [-0.4, -0.2) is 53.9 Å². The van der Waals surface area contributed by atoms with E-state index in [1.165, 1.54) is 10.5 Å². The predicted molar refractivity (Wildman–Crippen MR) is 113 cm³/mol. The summed E-state index contributed by atoms with van der Waals surface area (Å²) in [5.74, 6) is -0.913. The van der Waals surface area contributed by atoms with Crippen LogP contribution in [0, 0.1) is 17.3 Å². The number of hydrogen-bond donors (Lipinski definition) is 1. The summed E-state index contributed by atoms with van der Waals surface area (Å²) in [5.41, 5.74) is 3.61. The lowest BCUT2D eigenvalue weighted by Crippen LogP contribution is -2.49. The van der Waals surface area contributed by atoms with Crippen molar-refractivity contribution in [2.45, 2.75) is 51.7 Å². The summed E-state index contributed by atoms with van der Waals surface area (Å²) in [6.07, 6.45) is 7.19. The topological polar surface area (TPSA) is 79.2 Å². The van der Waals surface area contributed by atoms with Crippen molar-refractivity contribution in [3.05, 3.63) is 46.0 Å². The van der Waals surface area contributed by atoms with Crippen molar-refractivity contribution in [1.29, 1.82) is 0 Å². The van der Waals surface area contributed by atoms with E-state index < -0.39 is 18.1 Å². The van der Waals surface area contributed by atoms with Gasteiger partial charge in [0.15, 0.2) is 6.10 Å². The molecule has 1 N–H and O–H groups in total. The number of carbonyl (C=O) groups excluding carboxylic acids is 2. The molecule has 0 bridgehead atoms. The van der Waals surface area contributed by atoms with Gasteiger partial charge in [0.05, 0.1) is 17.3 Å². The summed E-state index contributed by atoms with van der Waals surface area (Å²) < 4.78 is 19.8. The van der Waals surface area contributed by atoms with E-state index >= 15 is 0 Å². The van der Waals surface area contributed by atoms with Gasteiger partial charge in [-0.05, 0) is 61.3 Å². The number of carbonyl (C=O) groups is 2. The minimum absolute atomic E-state index is 0.0493. The number of aliphatic hydroxyl groups excluding tert-OH is 1. The van der Waals surface area contributed by atoms with E-state index in [9.17, 15) is 19.1 Å². The van der Waals surface area contributed by atoms with E-state index in [1.807, 2.05) is 6.92 Å². The highest BCUT2D eigenvalue weighted by Crippen LogP contribution is 2.74. The highest BCUT2D eigenvalue weighted by atomic mass is 19.1. The molecule has 4 unspecified atom stereocenters. The molecule has 1 spiro atoms. The van der Waals surface area contributed by atoms with Crippen molar-refractivity contribution < 1.29 is 23.8 Å². The van der Waals surface area contributed by atoms with Gasteiger partial charge in [-0.3, -0.25) is 9.79 Å². The molecule has 5 rings (SSSR count). The minimum Gasteiger partial charge on any atom is -0.458 e. The van der Waals surface area contributed by atoms with Gasteiger partial charge in [-0.25, -0.2) is 9.18 Å². The fourth-order valence-electron chi connectivity index (χ4n) is 6.19. The molecule has 6 nitrogen and oxygen atoms in total. The molecule has 5 aliphatic rings. The van der Waals surface area contributed by atoms with Gasteiger partial charge in [0.2, 0.25) is 0 Å². The lowest BCUT2D eigenvalue weighted by molar-refractivity contribution is -0.153. The van der Waals surface area contributed by atoms with E-state index in [0.29, 0.717) is 23.3 Å². The Morgan fingerprint density at radius 3 is 2.90 bits per heavy atom. The smallest absolute Gasteiger partial charge is 0.339 e. The molecule has 2 heterocycles. The lowest BCUT2D eigenvalue weighted by Gasteiger charge is -2.36. The third-order valence-corrected chi connectivity index (χ3v) is 7.95. The summed E-state index contributed by atoms with van der Waals surface area (Å²) in [6, 6.07) is -0.431. The third-order valence-electron chi connectivity index (χ3n) is 7.95. The molecule has 0 saturated heterocycles. The first-order valence-corrected chi connectivity index (χ1v) is 11.0. The molecule has 164 valence electrons. The van der Waals surface area contributed by atoms with Gasteiger partial charge in [-0.1, -0.05) is 13.0 Å². The lowest BCUT2D eigenvalue weighted by atomic mass is 9.72. The third kappa shape index (κ3) is 2.75. The van der Waals surface area contributed by atoms with E-state index in [4.69, 9.17) is 9.73 Å². The van der Waals surface area contributed by atoms with Crippen LogP contribution in [0.1, 0.15) is 39.5 Å². The molecular formula is C24H27FN2O4. The van der Waals surface area contributed by atoms with Crippen LogP contribution < -0.4 is 0 Å². The SMILES string of the molecule is C/C=C1\CCCC23C1=C(/N=C/C1CC4=C(COC(=O)C4O)C(=O)N1C)C=C(F)[C@@H]2C3C. The van der Waals surface area contributed by atoms with E-state index in [1.54, 1.807) is 19.3 Å². The van der Waals surface area contributed by atoms with Gasteiger partial charge >= 0.3 is 5.97 Å². The van der Waals surface area contributed by atoms with Crippen LogP contribution in [0.15, 0.2) is 51.0 Å². The first kappa shape index (κ1) is 20.4. The van der Waals surface area contributed by atoms with Crippen LogP contribution in [0.4, 0.5) is 4.39 Å². The number of cyclic esters (lactones) is 1. The number of ether oxygens (including phenoxy) is 1. The molecule has 2 saturated carbocycles. The maximum absolute atomic E-state index is 14.9. The van der Waals surface area contributed by atoms with Crippen LogP contribution in [-0.2, 0) is 14.3 Å². The first-order chi connectivity index (χ1) is 14.8. The fourth-order valence-corrected chi connectivity index (χ4v) is 6.19. The quantitative estimate of drug-likeness (QED) is 0.544. The van der Waals surface area contributed by atoms with Crippen LogP contribution in [0.5, 0.6) is 0 Å². The second kappa shape index (κ2) is 6.99. The summed E-state index contributed by atoms with van der Waals surface area (Å²) >= 11 is 0. The zero-order valence-electron chi connectivity index (χ0n) is 18.0. The Morgan fingerprint density at radius 1 is 1.39 bits per heavy atom. The van der Waals surface area contributed by atoms with Gasteiger partial charge in [-0.15, -0.1) is 0 Å². The van der Waals surface area contributed by atoms with Crippen molar-refractivity contribution in [3.8, 4) is 0 Å². The Kier molecular flexibility index (Phi) is 4.59. The highest BCUT2D eigenvalue weighted by Gasteiger charge is 2.68. The standard InChI is InChI=1S/C24H27FN2O4/c1-4-13-6-5-7-24-12(2)19(24)17(25)9-18(20(13)24)26-10-14-8-15-16(22(29)27(14)3)11-31-23(30)21(15)28/h4,9-10,12,14,19,21,28H,5-8,11H2,1-3H3/b13-4+,26-10+/t12?,14?,19-,21?,24?/m0/s1. The number of rotatable bonds is 2. The molecular weight excluding hydrogens is 399 g/mol. The zero-order chi connectivity index (χ0) is 22.1. The molecule has 1 amide bonds. The fraction of sp³-hybridized carbons (Fsp3) is 0.542. The van der Waals surface area contributed by atoms with E-state index in [2.05, 4.69) is 13.0 Å². The first-order valence-electron chi connectivity index (χ1n) is 11.0. The second-order valence-corrected chi connectivity index (χ2v) is 9.24. The number of halogens is 1. The van der Waals surface area contributed by atoms with Crippen molar-refractivity contribution in [2.24, 2.45) is 22.2 Å². The molecule has 0 aromatic heterocycles. The maximum atomic E-state index is 14.9. The van der Waals surface area contributed by atoms with E-state index in [0.717, 1.165) is 24.8 Å². The summed E-state index contributed by atoms with van der Waals surface area (Å²) in [7, 11) is 1.67. The normalized spacial score (nSPS) is 38.8. The van der Waals surface area contributed by atoms with Gasteiger partial charge in [0.1, 0.15) is 12.4 Å². The molecule has 0 aromatic carbocycles. The molecule has 2 aliphatic heterocycles. The van der Waals surface area contributed by atoms with Crippen molar-refractivity contribution >= 4 is 18.1 Å². The number of allylic oxidation sites excluding steroid dienone is 5. The minimum atomic E-state index is -1.42. The molecule has 3 aliphatic carbocycles. The Morgan fingerprint density at radius 2 is 2.16 bits per heavy atom. The molecule has 7 heteroatoms. The number of hydrogen-bond acceptors (Lipinski definition) is 5. The van der Waals surface area contributed by atoms with Crippen LogP contribution in [0.2, 0.25) is 0 Å². The van der Waals surface area contributed by atoms with Crippen LogP contribution >= 0.6 is 0 Å². The maximum Gasteiger partial charge on any atom is 0.339 e. The Bertz CT molecular complexity index is 1040. The number of esters is 1. The predicted octanol–water partition coefficient (Wildman–Crippen LogP) is 3.01. The van der Waals surface area contributed by atoms with Gasteiger partial charge < -0.3 is 14.7 Å². The molecule has 2 fully saturated rings. The van der Waals surface area contributed by atoms with Crippen molar-refractivity contribution in [2.75, 3.05) is 13.7 Å². The van der Waals surface area contributed by atoms with Gasteiger partial charge in [0, 0.05) is 24.6 Å². The Balaban J connectivity index is 1.51. The number of nitrogens with zero attached hydrogens (tertiary/aromatic N) is 2. The largest absolute Gasteiger partial charge is 0.458 e. The number of aliphatic imine (C=N–C) groups is 1. The zero-order valence-corrected chi connectivity index (χ0v) is 18.0. The Labute approximate surface area is 180 Å². The highest BCUT2D eigenvalue weighted by molar-refractivity contribution is 6.00. The van der Waals surface area contributed by atoms with Crippen molar-refractivity contribution in [3.63, 3.8) is 0 Å². The van der Waals surface area contributed by atoms with Crippen LogP contribution in [0.3, 0.4) is 0 Å². The average molecular weight is 426 g/mol. The molecule has 31 heavy (non-hydrogen) atoms.